The van der Waals surface area contributed by atoms with Gasteiger partial charge >= 0.3 is 0 Å². The van der Waals surface area contributed by atoms with Gasteiger partial charge in [-0.3, -0.25) is 0 Å². The van der Waals surface area contributed by atoms with Crippen LogP contribution in [0.4, 0.5) is 0 Å². The van der Waals surface area contributed by atoms with Crippen molar-refractivity contribution >= 4 is 0 Å². The number of ether oxygens (including phenoxy) is 1. The van der Waals surface area contributed by atoms with Crippen LogP contribution in [0, 0.1) is 16.7 Å². The molecule has 0 bridgehead atoms. The lowest BCUT2D eigenvalue weighted by Gasteiger charge is -2.15. The second-order valence-electron chi connectivity index (χ2n) is 5.19. The zero-order valence-corrected chi connectivity index (χ0v) is 11.3. The maximum Gasteiger partial charge on any atom is 0.119 e. The Morgan fingerprint density at radius 1 is 1.33 bits per heavy atom. The molecule has 0 aliphatic carbocycles. The fraction of sp³-hybridized carbons (Fsp3) is 0.533. The van der Waals surface area contributed by atoms with Crippen LogP contribution in [0.1, 0.15) is 45.3 Å². The predicted octanol–water partition coefficient (Wildman–Crippen LogP) is 3.45. The Kier molecular flexibility index (Phi) is 5.18. The minimum absolute atomic E-state index is 0.278. The van der Waals surface area contributed by atoms with Gasteiger partial charge in [0.25, 0.3) is 0 Å². The quantitative estimate of drug-likeness (QED) is 0.783. The van der Waals surface area contributed by atoms with Crippen LogP contribution in [-0.2, 0) is 0 Å². The summed E-state index contributed by atoms with van der Waals surface area (Å²) in [5, 5.41) is 18.3. The van der Waals surface area contributed by atoms with Crippen molar-refractivity contribution in [2.24, 2.45) is 5.41 Å². The monoisotopic (exact) mass is 247 g/mol. The molecular formula is C15H21NO2. The van der Waals surface area contributed by atoms with E-state index in [0.717, 1.165) is 24.2 Å². The second kappa shape index (κ2) is 6.42. The molecule has 0 aliphatic rings. The van der Waals surface area contributed by atoms with Gasteiger partial charge in [0.2, 0.25) is 0 Å². The Morgan fingerprint density at radius 2 is 1.94 bits per heavy atom. The average molecular weight is 247 g/mol. The van der Waals surface area contributed by atoms with Crippen LogP contribution in [-0.4, -0.2) is 11.7 Å². The molecule has 0 radical (unpaired) electrons. The van der Waals surface area contributed by atoms with E-state index in [1.165, 1.54) is 0 Å². The van der Waals surface area contributed by atoms with Crippen LogP contribution >= 0.6 is 0 Å². The molecular weight excluding hydrogens is 226 g/mol. The molecule has 0 saturated heterocycles. The Morgan fingerprint density at radius 3 is 2.44 bits per heavy atom. The van der Waals surface area contributed by atoms with Crippen molar-refractivity contribution in [3.8, 4) is 11.8 Å². The molecule has 1 atom stereocenters. The molecule has 0 fully saturated rings. The molecule has 0 saturated carbocycles. The molecule has 0 heterocycles. The van der Waals surface area contributed by atoms with E-state index in [0.29, 0.717) is 6.61 Å². The van der Waals surface area contributed by atoms with Crippen molar-refractivity contribution in [1.82, 2.24) is 0 Å². The van der Waals surface area contributed by atoms with E-state index in [4.69, 9.17) is 10.00 Å². The van der Waals surface area contributed by atoms with E-state index in [1.54, 1.807) is 6.92 Å². The van der Waals surface area contributed by atoms with Gasteiger partial charge in [0.05, 0.1) is 24.2 Å². The molecule has 0 amide bonds. The maximum absolute atomic E-state index is 9.37. The molecule has 98 valence electrons. The van der Waals surface area contributed by atoms with Gasteiger partial charge < -0.3 is 9.84 Å². The number of nitriles is 1. The Balaban J connectivity index is 2.34. The number of hydrogen-bond donors (Lipinski definition) is 1. The van der Waals surface area contributed by atoms with E-state index >= 15 is 0 Å². The maximum atomic E-state index is 9.37. The highest BCUT2D eigenvalue weighted by Gasteiger charge is 2.15. The summed E-state index contributed by atoms with van der Waals surface area (Å²) in [6, 6.07) is 9.71. The van der Waals surface area contributed by atoms with Gasteiger partial charge in [-0.05, 0) is 51.3 Å². The van der Waals surface area contributed by atoms with Gasteiger partial charge in [0, 0.05) is 0 Å². The summed E-state index contributed by atoms with van der Waals surface area (Å²) in [5.74, 6) is 0.800. The zero-order chi connectivity index (χ0) is 13.6. The fourth-order valence-electron chi connectivity index (χ4n) is 1.60. The van der Waals surface area contributed by atoms with Crippen molar-refractivity contribution in [2.75, 3.05) is 6.61 Å². The summed E-state index contributed by atoms with van der Waals surface area (Å²) in [6.45, 7) is 6.22. The van der Waals surface area contributed by atoms with Crippen molar-refractivity contribution < 1.29 is 9.84 Å². The average Bonchev–Trinajstić information content (AvgIpc) is 2.35. The van der Waals surface area contributed by atoms with Gasteiger partial charge in [-0.2, -0.15) is 5.26 Å². The molecule has 1 N–H and O–H groups in total. The molecule has 0 unspecified atom stereocenters. The summed E-state index contributed by atoms with van der Waals surface area (Å²) in [7, 11) is 0. The molecule has 3 nitrogen and oxygen atoms in total. The number of benzene rings is 1. The lowest BCUT2D eigenvalue weighted by Crippen LogP contribution is -2.10. The number of aliphatic hydroxyl groups is 1. The predicted molar refractivity (Wildman–Crippen MR) is 71.2 cm³/mol. The summed E-state index contributed by atoms with van der Waals surface area (Å²) >= 11 is 0. The zero-order valence-electron chi connectivity index (χ0n) is 11.3. The molecule has 18 heavy (non-hydrogen) atoms. The summed E-state index contributed by atoms with van der Waals surface area (Å²) in [5.41, 5.74) is 0.604. The van der Waals surface area contributed by atoms with Crippen LogP contribution in [0.25, 0.3) is 0 Å². The minimum Gasteiger partial charge on any atom is -0.494 e. The van der Waals surface area contributed by atoms with Gasteiger partial charge in [-0.15, -0.1) is 0 Å². The summed E-state index contributed by atoms with van der Waals surface area (Å²) in [4.78, 5) is 0. The first-order valence-electron chi connectivity index (χ1n) is 6.27. The van der Waals surface area contributed by atoms with Crippen LogP contribution < -0.4 is 4.74 Å². The van der Waals surface area contributed by atoms with Gasteiger partial charge in [-0.25, -0.2) is 0 Å². The van der Waals surface area contributed by atoms with Crippen LogP contribution in [0.3, 0.4) is 0 Å². The standard InChI is InChI=1S/C15H21NO2/c1-12(17)13-5-7-14(8-6-13)18-10-4-9-15(2,3)11-16/h5-8,12,17H,4,9-10H2,1-3H3/t12-/m0/s1. The van der Waals surface area contributed by atoms with Crippen molar-refractivity contribution in [3.05, 3.63) is 29.8 Å². The summed E-state index contributed by atoms with van der Waals surface area (Å²) < 4.78 is 5.59. The van der Waals surface area contributed by atoms with Crippen LogP contribution in [0.15, 0.2) is 24.3 Å². The highest BCUT2D eigenvalue weighted by atomic mass is 16.5. The smallest absolute Gasteiger partial charge is 0.119 e. The molecule has 3 heteroatoms. The lowest BCUT2D eigenvalue weighted by atomic mass is 9.90. The third-order valence-electron chi connectivity index (χ3n) is 2.88. The molecule has 1 aromatic carbocycles. The lowest BCUT2D eigenvalue weighted by molar-refractivity contribution is 0.199. The van der Waals surface area contributed by atoms with E-state index in [-0.39, 0.29) is 5.41 Å². The van der Waals surface area contributed by atoms with Crippen LogP contribution in [0.2, 0.25) is 0 Å². The number of rotatable bonds is 6. The minimum atomic E-state index is -0.449. The molecule has 1 rings (SSSR count). The normalized spacial score (nSPS) is 12.8. The highest BCUT2D eigenvalue weighted by Crippen LogP contribution is 2.21. The Bertz CT molecular complexity index is 401. The van der Waals surface area contributed by atoms with Crippen molar-refractivity contribution in [3.63, 3.8) is 0 Å². The third-order valence-corrected chi connectivity index (χ3v) is 2.88. The van der Waals surface area contributed by atoms with E-state index in [9.17, 15) is 5.11 Å². The van der Waals surface area contributed by atoms with Gasteiger partial charge in [0.1, 0.15) is 5.75 Å². The van der Waals surface area contributed by atoms with E-state index in [2.05, 4.69) is 6.07 Å². The van der Waals surface area contributed by atoms with Gasteiger partial charge in [0.15, 0.2) is 0 Å². The third kappa shape index (κ3) is 4.77. The van der Waals surface area contributed by atoms with Crippen molar-refractivity contribution in [2.45, 2.75) is 39.7 Å². The second-order valence-corrected chi connectivity index (χ2v) is 5.19. The van der Waals surface area contributed by atoms with E-state index in [1.807, 2.05) is 38.1 Å². The fourth-order valence-corrected chi connectivity index (χ4v) is 1.60. The van der Waals surface area contributed by atoms with Crippen molar-refractivity contribution in [1.29, 1.82) is 5.26 Å². The molecule has 0 spiro atoms. The number of nitrogens with zero attached hydrogens (tertiary/aromatic N) is 1. The number of hydrogen-bond acceptors (Lipinski definition) is 3. The first-order chi connectivity index (χ1) is 8.44. The first kappa shape index (κ1) is 14.5. The van der Waals surface area contributed by atoms with Crippen LogP contribution in [0.5, 0.6) is 5.75 Å². The molecule has 0 aromatic heterocycles. The Hall–Kier alpha value is -1.53. The first-order valence-corrected chi connectivity index (χ1v) is 6.27. The van der Waals surface area contributed by atoms with E-state index < -0.39 is 6.10 Å². The largest absolute Gasteiger partial charge is 0.494 e. The van der Waals surface area contributed by atoms with Gasteiger partial charge in [-0.1, -0.05) is 12.1 Å². The molecule has 0 aliphatic heterocycles. The number of aliphatic hydroxyl groups excluding tert-OH is 1. The summed E-state index contributed by atoms with van der Waals surface area (Å²) in [6.07, 6.45) is 1.24. The SMILES string of the molecule is C[C@H](O)c1ccc(OCCCC(C)(C)C#N)cc1. The topological polar surface area (TPSA) is 53.2 Å². The highest BCUT2D eigenvalue weighted by molar-refractivity contribution is 5.28. The molecule has 1 aromatic rings. The Labute approximate surface area is 109 Å².